The molecule has 0 fully saturated rings. The van der Waals surface area contributed by atoms with Crippen LogP contribution in [-0.4, -0.2) is 22.2 Å². The minimum atomic E-state index is -0.459. The lowest BCUT2D eigenvalue weighted by atomic mass is 10.1. The number of nitrogens with one attached hydrogen (secondary N) is 1. The van der Waals surface area contributed by atoms with Gasteiger partial charge in [0.2, 0.25) is 0 Å². The number of rotatable bonds is 3. The Morgan fingerprint density at radius 1 is 1.44 bits per heavy atom. The van der Waals surface area contributed by atoms with Crippen molar-refractivity contribution in [1.29, 1.82) is 0 Å². The summed E-state index contributed by atoms with van der Waals surface area (Å²) in [6, 6.07) is 6.21. The van der Waals surface area contributed by atoms with Crippen LogP contribution in [0.3, 0.4) is 0 Å². The molecular weight excluding hydrogens is 210 g/mol. The third kappa shape index (κ3) is 1.72. The van der Waals surface area contributed by atoms with E-state index in [-0.39, 0.29) is 5.69 Å². The molecule has 0 unspecified atom stereocenters. The SMILES string of the molecule is COc1cc([N+](=O)[O-])ccc1-c1ccn[nH]1. The third-order valence-electron chi connectivity index (χ3n) is 2.19. The first-order valence-electron chi connectivity index (χ1n) is 4.54. The summed E-state index contributed by atoms with van der Waals surface area (Å²) >= 11 is 0. The molecule has 1 aromatic heterocycles. The van der Waals surface area contributed by atoms with Crippen LogP contribution in [0.1, 0.15) is 0 Å². The standard InChI is InChI=1S/C10H9N3O3/c1-16-10-6-7(13(14)15)2-3-8(10)9-4-5-11-12-9/h2-6H,1H3,(H,11,12). The topological polar surface area (TPSA) is 81.1 Å². The number of ether oxygens (including phenoxy) is 1. The summed E-state index contributed by atoms with van der Waals surface area (Å²) in [5.41, 5.74) is 1.50. The fourth-order valence-corrected chi connectivity index (χ4v) is 1.42. The minimum Gasteiger partial charge on any atom is -0.496 e. The molecule has 6 heteroatoms. The second-order valence-electron chi connectivity index (χ2n) is 3.11. The van der Waals surface area contributed by atoms with E-state index in [1.807, 2.05) is 0 Å². The maximum Gasteiger partial charge on any atom is 0.273 e. The van der Waals surface area contributed by atoms with Crippen LogP contribution in [0.25, 0.3) is 11.3 Å². The van der Waals surface area contributed by atoms with Crippen LogP contribution < -0.4 is 4.74 Å². The van der Waals surface area contributed by atoms with E-state index in [0.717, 1.165) is 11.3 Å². The van der Waals surface area contributed by atoms with E-state index < -0.39 is 4.92 Å². The van der Waals surface area contributed by atoms with Crippen molar-refractivity contribution in [3.63, 3.8) is 0 Å². The quantitative estimate of drug-likeness (QED) is 0.632. The largest absolute Gasteiger partial charge is 0.496 e. The van der Waals surface area contributed by atoms with Gasteiger partial charge in [-0.1, -0.05) is 0 Å². The van der Waals surface area contributed by atoms with Gasteiger partial charge in [-0.25, -0.2) is 0 Å². The molecule has 0 saturated heterocycles. The zero-order valence-corrected chi connectivity index (χ0v) is 8.51. The summed E-state index contributed by atoms with van der Waals surface area (Å²) in [5, 5.41) is 17.2. The van der Waals surface area contributed by atoms with Crippen LogP contribution in [0.4, 0.5) is 5.69 Å². The number of nitro benzene ring substituents is 1. The summed E-state index contributed by atoms with van der Waals surface area (Å²) in [6.07, 6.45) is 1.61. The molecule has 16 heavy (non-hydrogen) atoms. The van der Waals surface area contributed by atoms with Gasteiger partial charge < -0.3 is 4.74 Å². The third-order valence-corrected chi connectivity index (χ3v) is 2.19. The molecular formula is C10H9N3O3. The van der Waals surface area contributed by atoms with Gasteiger partial charge in [0.25, 0.3) is 5.69 Å². The maximum atomic E-state index is 10.6. The predicted molar refractivity (Wildman–Crippen MR) is 57.2 cm³/mol. The summed E-state index contributed by atoms with van der Waals surface area (Å²) in [4.78, 5) is 10.1. The van der Waals surface area contributed by atoms with E-state index in [4.69, 9.17) is 4.74 Å². The lowest BCUT2D eigenvalue weighted by Crippen LogP contribution is -1.92. The molecule has 82 valence electrons. The highest BCUT2D eigenvalue weighted by atomic mass is 16.6. The predicted octanol–water partition coefficient (Wildman–Crippen LogP) is 1.99. The minimum absolute atomic E-state index is 0.000107. The molecule has 0 bridgehead atoms. The smallest absolute Gasteiger partial charge is 0.273 e. The van der Waals surface area contributed by atoms with E-state index in [1.165, 1.54) is 19.2 Å². The number of methoxy groups -OCH3 is 1. The molecule has 0 atom stereocenters. The van der Waals surface area contributed by atoms with Crippen molar-refractivity contribution in [1.82, 2.24) is 10.2 Å². The highest BCUT2D eigenvalue weighted by Crippen LogP contribution is 2.31. The second kappa shape index (κ2) is 4.01. The fraction of sp³-hybridized carbons (Fsp3) is 0.100. The summed E-state index contributed by atoms with van der Waals surface area (Å²) < 4.78 is 5.11. The average Bonchev–Trinajstić information content (AvgIpc) is 2.81. The monoisotopic (exact) mass is 219 g/mol. The van der Waals surface area contributed by atoms with Crippen LogP contribution >= 0.6 is 0 Å². The number of nitro groups is 1. The molecule has 1 N–H and O–H groups in total. The van der Waals surface area contributed by atoms with E-state index in [9.17, 15) is 10.1 Å². The van der Waals surface area contributed by atoms with Gasteiger partial charge in [-0.15, -0.1) is 0 Å². The van der Waals surface area contributed by atoms with E-state index in [0.29, 0.717) is 5.75 Å². The van der Waals surface area contributed by atoms with Gasteiger partial charge in [-0.3, -0.25) is 15.2 Å². The van der Waals surface area contributed by atoms with Gasteiger partial charge in [-0.2, -0.15) is 5.10 Å². The first-order chi connectivity index (χ1) is 7.72. The van der Waals surface area contributed by atoms with E-state index in [1.54, 1.807) is 18.3 Å². The Kier molecular flexibility index (Phi) is 2.55. The number of hydrogen-bond acceptors (Lipinski definition) is 4. The van der Waals surface area contributed by atoms with Crippen LogP contribution in [-0.2, 0) is 0 Å². The summed E-state index contributed by atoms with van der Waals surface area (Å²) in [7, 11) is 1.47. The van der Waals surface area contributed by atoms with Crippen molar-refractivity contribution >= 4 is 5.69 Å². The van der Waals surface area contributed by atoms with Crippen LogP contribution in [0, 0.1) is 10.1 Å². The lowest BCUT2D eigenvalue weighted by molar-refractivity contribution is -0.384. The first-order valence-corrected chi connectivity index (χ1v) is 4.54. The number of nitrogens with zero attached hydrogens (tertiary/aromatic N) is 2. The van der Waals surface area contributed by atoms with Gasteiger partial charge in [0.05, 0.1) is 23.8 Å². The molecule has 0 spiro atoms. The van der Waals surface area contributed by atoms with Crippen LogP contribution in [0.2, 0.25) is 0 Å². The zero-order chi connectivity index (χ0) is 11.5. The number of aromatic amines is 1. The van der Waals surface area contributed by atoms with Crippen molar-refractivity contribution in [2.75, 3.05) is 7.11 Å². The van der Waals surface area contributed by atoms with E-state index in [2.05, 4.69) is 10.2 Å². The van der Waals surface area contributed by atoms with E-state index >= 15 is 0 Å². The number of benzene rings is 1. The summed E-state index contributed by atoms with van der Waals surface area (Å²) in [6.45, 7) is 0. The number of non-ortho nitro benzene ring substituents is 1. The maximum absolute atomic E-state index is 10.6. The molecule has 2 aromatic rings. The average molecular weight is 219 g/mol. The Hall–Kier alpha value is -2.37. The highest BCUT2D eigenvalue weighted by Gasteiger charge is 2.12. The normalized spacial score (nSPS) is 10.1. The number of aromatic nitrogens is 2. The Bertz CT molecular complexity index is 508. The molecule has 2 rings (SSSR count). The van der Waals surface area contributed by atoms with Gasteiger partial charge in [-0.05, 0) is 12.1 Å². The van der Waals surface area contributed by atoms with Gasteiger partial charge >= 0.3 is 0 Å². The molecule has 6 nitrogen and oxygen atoms in total. The van der Waals surface area contributed by atoms with Gasteiger partial charge in [0.15, 0.2) is 0 Å². The number of hydrogen-bond donors (Lipinski definition) is 1. The Balaban J connectivity index is 2.51. The van der Waals surface area contributed by atoms with Crippen molar-refractivity contribution in [2.24, 2.45) is 0 Å². The lowest BCUT2D eigenvalue weighted by Gasteiger charge is -2.05. The van der Waals surface area contributed by atoms with Crippen molar-refractivity contribution < 1.29 is 9.66 Å². The number of H-pyrrole nitrogens is 1. The molecule has 1 aromatic carbocycles. The Labute approximate surface area is 91.0 Å². The Morgan fingerprint density at radius 2 is 2.25 bits per heavy atom. The molecule has 0 amide bonds. The van der Waals surface area contributed by atoms with Gasteiger partial charge in [0.1, 0.15) is 5.75 Å². The Morgan fingerprint density at radius 3 is 2.81 bits per heavy atom. The second-order valence-corrected chi connectivity index (χ2v) is 3.11. The highest BCUT2D eigenvalue weighted by molar-refractivity contribution is 5.68. The van der Waals surface area contributed by atoms with Crippen molar-refractivity contribution in [3.05, 3.63) is 40.6 Å². The first kappa shape index (κ1) is 10.2. The molecule has 0 aliphatic rings. The van der Waals surface area contributed by atoms with Crippen molar-refractivity contribution in [2.45, 2.75) is 0 Å². The molecule has 0 aliphatic carbocycles. The van der Waals surface area contributed by atoms with Crippen LogP contribution in [0.15, 0.2) is 30.5 Å². The molecule has 0 radical (unpaired) electrons. The zero-order valence-electron chi connectivity index (χ0n) is 8.51. The molecule has 0 saturated carbocycles. The summed E-state index contributed by atoms with van der Waals surface area (Å²) in [5.74, 6) is 0.443. The van der Waals surface area contributed by atoms with Gasteiger partial charge in [0, 0.05) is 17.8 Å². The van der Waals surface area contributed by atoms with Crippen molar-refractivity contribution in [3.8, 4) is 17.0 Å². The fourth-order valence-electron chi connectivity index (χ4n) is 1.42. The van der Waals surface area contributed by atoms with Crippen LogP contribution in [0.5, 0.6) is 5.75 Å². The molecule has 1 heterocycles. The molecule has 0 aliphatic heterocycles.